The summed E-state index contributed by atoms with van der Waals surface area (Å²) in [5.74, 6) is 1.58. The summed E-state index contributed by atoms with van der Waals surface area (Å²) in [6, 6.07) is 18.0. The molecule has 5 aromatic rings. The molecule has 0 saturated heterocycles. The van der Waals surface area contributed by atoms with Crippen LogP contribution in [0.5, 0.6) is 5.75 Å². The highest BCUT2D eigenvalue weighted by atomic mass is 16.5. The van der Waals surface area contributed by atoms with Crippen LogP contribution in [0.2, 0.25) is 0 Å². The standard InChI is InChI=1S/C21H16N4O/c1-26-14-6-4-5-13(11-14)23-21-20-19(15-7-2-3-8-17(15)25-21)16-12-22-10-9-18(16)24-20/h2-12,24H,1H3,(H,23,25). The summed E-state index contributed by atoms with van der Waals surface area (Å²) in [6.45, 7) is 0. The first-order chi connectivity index (χ1) is 12.8. The first-order valence-electron chi connectivity index (χ1n) is 8.39. The molecule has 0 aliphatic heterocycles. The molecule has 5 nitrogen and oxygen atoms in total. The molecule has 0 aliphatic rings. The molecule has 0 bridgehead atoms. The molecule has 0 unspecified atom stereocenters. The highest BCUT2D eigenvalue weighted by Crippen LogP contribution is 2.35. The van der Waals surface area contributed by atoms with Crippen molar-refractivity contribution in [3.05, 3.63) is 67.0 Å². The molecule has 5 rings (SSSR count). The Kier molecular flexibility index (Phi) is 3.25. The Labute approximate surface area is 149 Å². The van der Waals surface area contributed by atoms with Crippen molar-refractivity contribution in [1.29, 1.82) is 0 Å². The maximum atomic E-state index is 5.32. The van der Waals surface area contributed by atoms with E-state index in [-0.39, 0.29) is 0 Å². The monoisotopic (exact) mass is 340 g/mol. The third-order valence-corrected chi connectivity index (χ3v) is 4.58. The summed E-state index contributed by atoms with van der Waals surface area (Å²) in [6.07, 6.45) is 3.69. The Balaban J connectivity index is 1.80. The minimum absolute atomic E-state index is 0.781. The zero-order valence-electron chi connectivity index (χ0n) is 14.2. The van der Waals surface area contributed by atoms with Gasteiger partial charge in [0.15, 0.2) is 5.82 Å². The average Bonchev–Trinajstić information content (AvgIpc) is 3.08. The number of para-hydroxylation sites is 1. The topological polar surface area (TPSA) is 62.8 Å². The minimum Gasteiger partial charge on any atom is -0.497 e. The van der Waals surface area contributed by atoms with E-state index in [0.717, 1.165) is 50.0 Å². The molecule has 0 atom stereocenters. The van der Waals surface area contributed by atoms with Crippen LogP contribution in [0.3, 0.4) is 0 Å². The molecular weight excluding hydrogens is 324 g/mol. The third-order valence-electron chi connectivity index (χ3n) is 4.58. The van der Waals surface area contributed by atoms with Gasteiger partial charge in [0.2, 0.25) is 0 Å². The Hall–Kier alpha value is -3.60. The lowest BCUT2D eigenvalue weighted by molar-refractivity contribution is 0.415. The molecule has 2 N–H and O–H groups in total. The fourth-order valence-corrected chi connectivity index (χ4v) is 3.38. The maximum Gasteiger partial charge on any atom is 0.155 e. The van der Waals surface area contributed by atoms with Crippen molar-refractivity contribution in [3.8, 4) is 5.75 Å². The summed E-state index contributed by atoms with van der Waals surface area (Å²) >= 11 is 0. The second kappa shape index (κ2) is 5.74. The number of pyridine rings is 2. The van der Waals surface area contributed by atoms with Crippen molar-refractivity contribution in [1.82, 2.24) is 15.0 Å². The SMILES string of the molecule is COc1cccc(Nc2nc3ccccc3c3c2[nH]c2ccncc23)c1. The number of hydrogen-bond acceptors (Lipinski definition) is 4. The number of fused-ring (bicyclic) bond motifs is 5. The molecule has 2 aromatic carbocycles. The molecular formula is C21H16N4O. The largest absolute Gasteiger partial charge is 0.497 e. The molecule has 3 aromatic heterocycles. The van der Waals surface area contributed by atoms with Gasteiger partial charge < -0.3 is 15.0 Å². The normalized spacial score (nSPS) is 11.3. The Bertz CT molecular complexity index is 1260. The molecule has 0 radical (unpaired) electrons. The lowest BCUT2D eigenvalue weighted by Gasteiger charge is -2.10. The predicted octanol–water partition coefficient (Wildman–Crippen LogP) is 5.02. The van der Waals surface area contributed by atoms with Gasteiger partial charge in [0.25, 0.3) is 0 Å². The number of benzene rings is 2. The van der Waals surface area contributed by atoms with Crippen molar-refractivity contribution in [2.75, 3.05) is 12.4 Å². The van der Waals surface area contributed by atoms with Crippen molar-refractivity contribution in [2.45, 2.75) is 0 Å². The van der Waals surface area contributed by atoms with Crippen LogP contribution in [0.4, 0.5) is 11.5 Å². The molecule has 0 fully saturated rings. The van der Waals surface area contributed by atoms with Gasteiger partial charge in [-0.15, -0.1) is 0 Å². The van der Waals surface area contributed by atoms with Gasteiger partial charge in [0, 0.05) is 45.8 Å². The zero-order chi connectivity index (χ0) is 17.5. The van der Waals surface area contributed by atoms with Crippen LogP contribution in [0.15, 0.2) is 67.0 Å². The van der Waals surface area contributed by atoms with Crippen LogP contribution in [0.1, 0.15) is 0 Å². The first-order valence-corrected chi connectivity index (χ1v) is 8.39. The number of methoxy groups -OCH3 is 1. The van der Waals surface area contributed by atoms with Gasteiger partial charge in [-0.25, -0.2) is 4.98 Å². The summed E-state index contributed by atoms with van der Waals surface area (Å²) in [7, 11) is 1.66. The summed E-state index contributed by atoms with van der Waals surface area (Å²) < 4.78 is 5.32. The number of rotatable bonds is 3. The molecule has 0 saturated carbocycles. The molecule has 5 heteroatoms. The van der Waals surface area contributed by atoms with Crippen LogP contribution in [0.25, 0.3) is 32.7 Å². The van der Waals surface area contributed by atoms with Crippen molar-refractivity contribution >= 4 is 44.2 Å². The fraction of sp³-hybridized carbons (Fsp3) is 0.0476. The molecule has 3 heterocycles. The molecule has 0 spiro atoms. The van der Waals surface area contributed by atoms with Gasteiger partial charge in [-0.1, -0.05) is 24.3 Å². The Morgan fingerprint density at radius 1 is 1.00 bits per heavy atom. The van der Waals surface area contributed by atoms with E-state index in [1.54, 1.807) is 13.3 Å². The smallest absolute Gasteiger partial charge is 0.155 e. The van der Waals surface area contributed by atoms with Gasteiger partial charge in [0.05, 0.1) is 18.1 Å². The molecule has 0 aliphatic carbocycles. The lowest BCUT2D eigenvalue weighted by Crippen LogP contribution is -1.96. The van der Waals surface area contributed by atoms with Gasteiger partial charge in [-0.3, -0.25) is 4.98 Å². The Morgan fingerprint density at radius 2 is 1.92 bits per heavy atom. The third kappa shape index (κ3) is 2.25. The van der Waals surface area contributed by atoms with Crippen LogP contribution < -0.4 is 10.1 Å². The molecule has 126 valence electrons. The summed E-state index contributed by atoms with van der Waals surface area (Å²) in [5, 5.41) is 6.76. The van der Waals surface area contributed by atoms with Crippen LogP contribution in [-0.4, -0.2) is 22.1 Å². The minimum atomic E-state index is 0.781. The van der Waals surface area contributed by atoms with E-state index in [1.807, 2.05) is 54.7 Å². The number of nitrogens with one attached hydrogen (secondary N) is 2. The summed E-state index contributed by atoms with van der Waals surface area (Å²) in [4.78, 5) is 12.6. The number of H-pyrrole nitrogens is 1. The number of nitrogens with zero attached hydrogens (tertiary/aromatic N) is 2. The predicted molar refractivity (Wildman–Crippen MR) is 105 cm³/mol. The van der Waals surface area contributed by atoms with Gasteiger partial charge in [0.1, 0.15) is 5.75 Å². The average molecular weight is 340 g/mol. The zero-order valence-corrected chi connectivity index (χ0v) is 14.2. The van der Waals surface area contributed by atoms with Gasteiger partial charge >= 0.3 is 0 Å². The number of anilines is 2. The van der Waals surface area contributed by atoms with E-state index in [9.17, 15) is 0 Å². The maximum absolute atomic E-state index is 5.32. The van der Waals surface area contributed by atoms with Crippen molar-refractivity contribution in [3.63, 3.8) is 0 Å². The van der Waals surface area contributed by atoms with Gasteiger partial charge in [-0.05, 0) is 24.3 Å². The van der Waals surface area contributed by atoms with Crippen molar-refractivity contribution < 1.29 is 4.74 Å². The number of ether oxygens (including phenoxy) is 1. The van der Waals surface area contributed by atoms with Crippen LogP contribution in [-0.2, 0) is 0 Å². The highest BCUT2D eigenvalue weighted by molar-refractivity contribution is 6.21. The summed E-state index contributed by atoms with van der Waals surface area (Å²) in [5.41, 5.74) is 3.87. The highest BCUT2D eigenvalue weighted by Gasteiger charge is 2.14. The first kappa shape index (κ1) is 14.7. The second-order valence-corrected chi connectivity index (χ2v) is 6.13. The van der Waals surface area contributed by atoms with E-state index in [2.05, 4.69) is 21.4 Å². The second-order valence-electron chi connectivity index (χ2n) is 6.13. The van der Waals surface area contributed by atoms with Crippen molar-refractivity contribution in [2.24, 2.45) is 0 Å². The number of aromatic nitrogens is 3. The van der Waals surface area contributed by atoms with Crippen LogP contribution >= 0.6 is 0 Å². The molecule has 26 heavy (non-hydrogen) atoms. The van der Waals surface area contributed by atoms with Crippen LogP contribution in [0, 0.1) is 0 Å². The van der Waals surface area contributed by atoms with E-state index in [4.69, 9.17) is 9.72 Å². The van der Waals surface area contributed by atoms with E-state index in [1.165, 1.54) is 0 Å². The van der Waals surface area contributed by atoms with E-state index >= 15 is 0 Å². The van der Waals surface area contributed by atoms with E-state index in [0.29, 0.717) is 0 Å². The number of hydrogen-bond donors (Lipinski definition) is 2. The molecule has 0 amide bonds. The van der Waals surface area contributed by atoms with Gasteiger partial charge in [-0.2, -0.15) is 0 Å². The number of aromatic amines is 1. The fourth-order valence-electron chi connectivity index (χ4n) is 3.38. The lowest BCUT2D eigenvalue weighted by atomic mass is 10.1. The van der Waals surface area contributed by atoms with E-state index < -0.39 is 0 Å². The quantitative estimate of drug-likeness (QED) is 0.484. The Morgan fingerprint density at radius 3 is 2.85 bits per heavy atom.